The number of benzene rings is 1. The zero-order valence-corrected chi connectivity index (χ0v) is 17.9. The van der Waals surface area contributed by atoms with E-state index in [0.29, 0.717) is 15.4 Å². The molecule has 0 atom stereocenters. The highest BCUT2D eigenvalue weighted by atomic mass is 32.1. The van der Waals surface area contributed by atoms with E-state index < -0.39 is 0 Å². The summed E-state index contributed by atoms with van der Waals surface area (Å²) < 4.78 is 6.07. The molecule has 0 saturated heterocycles. The number of aromatic nitrogens is 1. The fraction of sp³-hybridized carbons (Fsp3) is 0.190. The lowest BCUT2D eigenvalue weighted by atomic mass is 10.1. The van der Waals surface area contributed by atoms with Crippen molar-refractivity contribution in [3.05, 3.63) is 57.3 Å². The number of methoxy groups -OCH3 is 1. The number of esters is 1. The van der Waals surface area contributed by atoms with E-state index in [-0.39, 0.29) is 11.9 Å². The van der Waals surface area contributed by atoms with Gasteiger partial charge in [-0.15, -0.1) is 34.0 Å². The maximum Gasteiger partial charge on any atom is 0.341 e. The van der Waals surface area contributed by atoms with Crippen molar-refractivity contribution in [2.24, 2.45) is 0 Å². The Morgan fingerprint density at radius 3 is 2.76 bits per heavy atom. The van der Waals surface area contributed by atoms with E-state index in [4.69, 9.17) is 4.74 Å². The Labute approximate surface area is 179 Å². The average molecular weight is 441 g/mol. The van der Waals surface area contributed by atoms with Crippen molar-refractivity contribution in [3.63, 3.8) is 0 Å². The third-order valence-corrected chi connectivity index (χ3v) is 8.37. The third-order valence-electron chi connectivity index (χ3n) is 4.87. The lowest BCUT2D eigenvalue weighted by Gasteiger charge is -2.06. The van der Waals surface area contributed by atoms with Crippen LogP contribution < -0.4 is 5.32 Å². The van der Waals surface area contributed by atoms with Gasteiger partial charge in [0.25, 0.3) is 5.91 Å². The third kappa shape index (κ3) is 3.27. The van der Waals surface area contributed by atoms with Gasteiger partial charge in [0.15, 0.2) is 0 Å². The molecular weight excluding hydrogens is 424 g/mol. The minimum absolute atomic E-state index is 0.215. The van der Waals surface area contributed by atoms with Gasteiger partial charge in [-0.25, -0.2) is 9.78 Å². The molecule has 0 spiro atoms. The molecular formula is C21H16N2O3S3. The number of nitrogens with zero attached hydrogens (tertiary/aromatic N) is 1. The minimum Gasteiger partial charge on any atom is -0.465 e. The van der Waals surface area contributed by atoms with Gasteiger partial charge in [0.2, 0.25) is 0 Å². The van der Waals surface area contributed by atoms with E-state index in [0.717, 1.165) is 44.9 Å². The number of thiophene rings is 2. The predicted molar refractivity (Wildman–Crippen MR) is 119 cm³/mol. The fourth-order valence-corrected chi connectivity index (χ4v) is 6.72. The number of carbonyl (C=O) groups excluding carboxylic acids is 2. The summed E-state index contributed by atoms with van der Waals surface area (Å²) in [6.45, 7) is 0. The number of hydrogen-bond acceptors (Lipinski definition) is 7. The number of hydrogen-bond donors (Lipinski definition) is 1. The number of rotatable bonds is 4. The first-order valence-corrected chi connectivity index (χ1v) is 11.6. The van der Waals surface area contributed by atoms with E-state index in [1.165, 1.54) is 34.7 Å². The number of amides is 1. The standard InChI is InChI=1S/C21H16N2O3S3/c1-26-21(25)17-11-5-4-8-13(11)28-20(17)23-18(24)15-9-10-16(27-15)19-22-12-6-2-3-7-14(12)29-19/h2-3,6-7,9-10H,4-5,8H2,1H3,(H,23,24). The summed E-state index contributed by atoms with van der Waals surface area (Å²) in [7, 11) is 1.37. The summed E-state index contributed by atoms with van der Waals surface area (Å²) in [6, 6.07) is 11.7. The second-order valence-corrected chi connectivity index (χ2v) is 9.88. The first-order valence-electron chi connectivity index (χ1n) is 9.14. The summed E-state index contributed by atoms with van der Waals surface area (Å²) in [6.07, 6.45) is 2.84. The minimum atomic E-state index is -0.388. The van der Waals surface area contributed by atoms with Crippen LogP contribution in [0, 0.1) is 0 Å². The number of para-hydroxylation sites is 1. The number of nitrogens with one attached hydrogen (secondary N) is 1. The van der Waals surface area contributed by atoms with Crippen LogP contribution in [-0.4, -0.2) is 24.0 Å². The van der Waals surface area contributed by atoms with Crippen LogP contribution in [0.5, 0.6) is 0 Å². The SMILES string of the molecule is COC(=O)c1c(NC(=O)c2ccc(-c3nc4ccccc4s3)s2)sc2c1CCC2. The smallest absolute Gasteiger partial charge is 0.341 e. The van der Waals surface area contributed by atoms with E-state index >= 15 is 0 Å². The summed E-state index contributed by atoms with van der Waals surface area (Å²) in [5, 5.41) is 4.42. The monoisotopic (exact) mass is 440 g/mol. The van der Waals surface area contributed by atoms with E-state index in [9.17, 15) is 9.59 Å². The number of anilines is 1. The molecule has 3 heterocycles. The van der Waals surface area contributed by atoms with Gasteiger partial charge < -0.3 is 10.1 Å². The first-order chi connectivity index (χ1) is 14.1. The maximum atomic E-state index is 12.9. The van der Waals surface area contributed by atoms with E-state index in [1.54, 1.807) is 17.4 Å². The summed E-state index contributed by atoms with van der Waals surface area (Å²) in [5.41, 5.74) is 2.50. The van der Waals surface area contributed by atoms with Crippen LogP contribution in [0.15, 0.2) is 36.4 Å². The van der Waals surface area contributed by atoms with Gasteiger partial charge in [-0.05, 0) is 49.1 Å². The van der Waals surface area contributed by atoms with Crippen molar-refractivity contribution in [1.82, 2.24) is 4.98 Å². The second kappa shape index (κ2) is 7.37. The lowest BCUT2D eigenvalue weighted by molar-refractivity contribution is 0.0601. The van der Waals surface area contributed by atoms with Gasteiger partial charge in [-0.1, -0.05) is 12.1 Å². The molecule has 0 unspecified atom stereocenters. The summed E-state index contributed by atoms with van der Waals surface area (Å²) >= 11 is 4.50. The van der Waals surface area contributed by atoms with Gasteiger partial charge in [0.1, 0.15) is 10.0 Å². The van der Waals surface area contributed by atoms with Gasteiger partial charge in [-0.2, -0.15) is 0 Å². The second-order valence-electron chi connectivity index (χ2n) is 6.66. The molecule has 5 rings (SSSR count). The van der Waals surface area contributed by atoms with E-state index in [2.05, 4.69) is 10.3 Å². The van der Waals surface area contributed by atoms with Crippen LogP contribution in [0.25, 0.3) is 20.1 Å². The van der Waals surface area contributed by atoms with Gasteiger partial charge in [-0.3, -0.25) is 4.79 Å². The highest BCUT2D eigenvalue weighted by Gasteiger charge is 2.28. The van der Waals surface area contributed by atoms with Crippen molar-refractivity contribution < 1.29 is 14.3 Å². The molecule has 1 aliphatic carbocycles. The molecule has 1 aliphatic rings. The Kier molecular flexibility index (Phi) is 4.69. The quantitative estimate of drug-likeness (QED) is 0.419. The van der Waals surface area contributed by atoms with Crippen molar-refractivity contribution in [2.45, 2.75) is 19.3 Å². The number of ether oxygens (including phenoxy) is 1. The number of aryl methyl sites for hydroxylation is 1. The Morgan fingerprint density at radius 2 is 1.93 bits per heavy atom. The normalized spacial score (nSPS) is 12.9. The van der Waals surface area contributed by atoms with Crippen LogP contribution in [0.3, 0.4) is 0 Å². The zero-order valence-electron chi connectivity index (χ0n) is 15.5. The molecule has 1 amide bonds. The molecule has 3 aromatic heterocycles. The van der Waals surface area contributed by atoms with Crippen molar-refractivity contribution in [3.8, 4) is 9.88 Å². The Bertz CT molecular complexity index is 1220. The molecule has 5 nitrogen and oxygen atoms in total. The fourth-order valence-electron chi connectivity index (χ4n) is 3.53. The van der Waals surface area contributed by atoms with Crippen LogP contribution in [-0.2, 0) is 17.6 Å². The van der Waals surface area contributed by atoms with E-state index in [1.807, 2.05) is 30.3 Å². The summed E-state index contributed by atoms with van der Waals surface area (Å²) in [4.78, 5) is 32.5. The molecule has 4 aromatic rings. The molecule has 1 N–H and O–H groups in total. The van der Waals surface area contributed by atoms with Crippen molar-refractivity contribution in [1.29, 1.82) is 0 Å². The predicted octanol–water partition coefficient (Wildman–Crippen LogP) is 5.61. The maximum absolute atomic E-state index is 12.9. The van der Waals surface area contributed by atoms with Crippen LogP contribution >= 0.6 is 34.0 Å². The van der Waals surface area contributed by atoms with Gasteiger partial charge in [0.05, 0.1) is 32.6 Å². The molecule has 1 aromatic carbocycles. The molecule has 0 bridgehead atoms. The number of carbonyl (C=O) groups is 2. The molecule has 0 saturated carbocycles. The molecule has 29 heavy (non-hydrogen) atoms. The molecule has 146 valence electrons. The van der Waals surface area contributed by atoms with Crippen LogP contribution in [0.2, 0.25) is 0 Å². The number of fused-ring (bicyclic) bond motifs is 2. The molecule has 0 radical (unpaired) electrons. The average Bonchev–Trinajstić information content (AvgIpc) is 3.48. The summed E-state index contributed by atoms with van der Waals surface area (Å²) in [5.74, 6) is -0.603. The van der Waals surface area contributed by atoms with Crippen LogP contribution in [0.1, 0.15) is 36.9 Å². The number of thiazole rings is 1. The Hall–Kier alpha value is -2.55. The van der Waals surface area contributed by atoms with Crippen molar-refractivity contribution in [2.75, 3.05) is 12.4 Å². The largest absolute Gasteiger partial charge is 0.465 e. The van der Waals surface area contributed by atoms with Crippen molar-refractivity contribution >= 4 is 61.1 Å². The zero-order chi connectivity index (χ0) is 20.0. The van der Waals surface area contributed by atoms with Gasteiger partial charge in [0, 0.05) is 4.88 Å². The molecule has 0 fully saturated rings. The Balaban J connectivity index is 1.42. The first kappa shape index (κ1) is 18.5. The topological polar surface area (TPSA) is 68.3 Å². The van der Waals surface area contributed by atoms with Crippen LogP contribution in [0.4, 0.5) is 5.00 Å². The van der Waals surface area contributed by atoms with Gasteiger partial charge >= 0.3 is 5.97 Å². The highest BCUT2D eigenvalue weighted by Crippen LogP contribution is 2.40. The lowest BCUT2D eigenvalue weighted by Crippen LogP contribution is -2.13. The molecule has 0 aliphatic heterocycles. The Morgan fingerprint density at radius 1 is 1.07 bits per heavy atom. The highest BCUT2D eigenvalue weighted by molar-refractivity contribution is 7.26. The molecule has 8 heteroatoms.